The number of aromatic nitrogens is 1. The Labute approximate surface area is 117 Å². The Morgan fingerprint density at radius 2 is 2.11 bits per heavy atom. The predicted molar refractivity (Wildman–Crippen MR) is 78.2 cm³/mol. The van der Waals surface area contributed by atoms with E-state index in [-0.39, 0.29) is 11.9 Å². The van der Waals surface area contributed by atoms with Gasteiger partial charge in [-0.25, -0.2) is 9.37 Å². The predicted octanol–water partition coefficient (Wildman–Crippen LogP) is 3.27. The lowest BCUT2D eigenvalue weighted by molar-refractivity contribution is 0.551. The molecule has 1 atom stereocenters. The molecule has 0 saturated heterocycles. The Kier molecular flexibility index (Phi) is 4.66. The standard InChI is InChI=1S/C15H19FN2S/c1-10-11(2)19-15(18-10)9-14(17-3)8-12-5-4-6-13(16)7-12/h4-7,14,17H,8-9H2,1-3H3. The fourth-order valence-electron chi connectivity index (χ4n) is 2.06. The second-order valence-corrected chi connectivity index (χ2v) is 6.06. The lowest BCUT2D eigenvalue weighted by Gasteiger charge is -2.14. The van der Waals surface area contributed by atoms with Crippen molar-refractivity contribution in [1.29, 1.82) is 0 Å². The Hall–Kier alpha value is -1.26. The molecule has 0 amide bonds. The SMILES string of the molecule is CNC(Cc1cccc(F)c1)Cc1nc(C)c(C)s1. The van der Waals surface area contributed by atoms with Gasteiger partial charge in [0.2, 0.25) is 0 Å². The smallest absolute Gasteiger partial charge is 0.123 e. The van der Waals surface area contributed by atoms with Crippen molar-refractivity contribution >= 4 is 11.3 Å². The molecule has 2 aromatic rings. The number of likely N-dealkylation sites (N-methyl/N-ethyl adjacent to an activating group) is 1. The molecule has 0 aliphatic heterocycles. The van der Waals surface area contributed by atoms with E-state index in [0.29, 0.717) is 0 Å². The lowest BCUT2D eigenvalue weighted by atomic mass is 10.0. The molecule has 0 radical (unpaired) electrons. The van der Waals surface area contributed by atoms with Crippen molar-refractivity contribution in [2.75, 3.05) is 7.05 Å². The Bertz CT molecular complexity index is 531. The van der Waals surface area contributed by atoms with E-state index in [4.69, 9.17) is 0 Å². The highest BCUT2D eigenvalue weighted by atomic mass is 32.1. The maximum atomic E-state index is 13.2. The summed E-state index contributed by atoms with van der Waals surface area (Å²) in [5, 5.41) is 4.44. The van der Waals surface area contributed by atoms with Gasteiger partial charge in [-0.05, 0) is 45.0 Å². The van der Waals surface area contributed by atoms with Gasteiger partial charge in [0, 0.05) is 17.3 Å². The fourth-order valence-corrected chi connectivity index (χ4v) is 3.08. The van der Waals surface area contributed by atoms with Crippen LogP contribution in [0.3, 0.4) is 0 Å². The zero-order valence-corrected chi connectivity index (χ0v) is 12.4. The van der Waals surface area contributed by atoms with Crippen molar-refractivity contribution in [2.45, 2.75) is 32.7 Å². The summed E-state index contributed by atoms with van der Waals surface area (Å²) in [5.41, 5.74) is 2.13. The van der Waals surface area contributed by atoms with E-state index in [1.165, 1.54) is 10.9 Å². The maximum Gasteiger partial charge on any atom is 0.123 e. The third-order valence-electron chi connectivity index (χ3n) is 3.27. The molecule has 1 aromatic heterocycles. The van der Waals surface area contributed by atoms with Gasteiger partial charge in [-0.3, -0.25) is 0 Å². The minimum absolute atomic E-state index is 0.173. The van der Waals surface area contributed by atoms with Crippen molar-refractivity contribution in [2.24, 2.45) is 0 Å². The van der Waals surface area contributed by atoms with Crippen LogP contribution in [0.2, 0.25) is 0 Å². The summed E-state index contributed by atoms with van der Waals surface area (Å²) in [6.45, 7) is 4.13. The molecule has 1 aromatic carbocycles. The van der Waals surface area contributed by atoms with Crippen molar-refractivity contribution in [1.82, 2.24) is 10.3 Å². The van der Waals surface area contributed by atoms with Crippen molar-refractivity contribution < 1.29 is 4.39 Å². The van der Waals surface area contributed by atoms with Gasteiger partial charge in [-0.2, -0.15) is 0 Å². The van der Waals surface area contributed by atoms with E-state index in [2.05, 4.69) is 17.2 Å². The highest BCUT2D eigenvalue weighted by Gasteiger charge is 2.12. The number of hydrogen-bond donors (Lipinski definition) is 1. The summed E-state index contributed by atoms with van der Waals surface area (Å²) >= 11 is 1.75. The topological polar surface area (TPSA) is 24.9 Å². The molecule has 1 unspecified atom stereocenters. The Balaban J connectivity index is 2.04. The third kappa shape index (κ3) is 3.85. The molecule has 0 aliphatic carbocycles. The number of aryl methyl sites for hydroxylation is 2. The van der Waals surface area contributed by atoms with E-state index in [1.807, 2.05) is 20.0 Å². The van der Waals surface area contributed by atoms with Crippen LogP contribution in [0.5, 0.6) is 0 Å². The van der Waals surface area contributed by atoms with Crippen LogP contribution in [0.1, 0.15) is 21.1 Å². The quantitative estimate of drug-likeness (QED) is 0.908. The van der Waals surface area contributed by atoms with Gasteiger partial charge in [0.05, 0.1) is 10.7 Å². The van der Waals surface area contributed by atoms with Crippen LogP contribution in [0.4, 0.5) is 4.39 Å². The molecule has 19 heavy (non-hydrogen) atoms. The number of halogens is 1. The van der Waals surface area contributed by atoms with Gasteiger partial charge < -0.3 is 5.32 Å². The van der Waals surface area contributed by atoms with Crippen LogP contribution in [-0.2, 0) is 12.8 Å². The van der Waals surface area contributed by atoms with E-state index in [1.54, 1.807) is 23.5 Å². The van der Waals surface area contributed by atoms with Gasteiger partial charge in [-0.1, -0.05) is 12.1 Å². The van der Waals surface area contributed by atoms with E-state index in [0.717, 1.165) is 29.1 Å². The Morgan fingerprint density at radius 1 is 1.32 bits per heavy atom. The van der Waals surface area contributed by atoms with Crippen LogP contribution in [-0.4, -0.2) is 18.1 Å². The molecule has 1 N–H and O–H groups in total. The summed E-state index contributed by atoms with van der Waals surface area (Å²) in [4.78, 5) is 5.84. The number of hydrogen-bond acceptors (Lipinski definition) is 3. The minimum Gasteiger partial charge on any atom is -0.316 e. The first-order valence-corrected chi connectivity index (χ1v) is 7.24. The highest BCUT2D eigenvalue weighted by molar-refractivity contribution is 7.11. The van der Waals surface area contributed by atoms with Gasteiger partial charge in [0.1, 0.15) is 5.82 Å². The summed E-state index contributed by atoms with van der Waals surface area (Å²) in [6.07, 6.45) is 1.69. The van der Waals surface area contributed by atoms with Crippen LogP contribution < -0.4 is 5.32 Å². The van der Waals surface area contributed by atoms with Crippen molar-refractivity contribution in [3.05, 3.63) is 51.2 Å². The van der Waals surface area contributed by atoms with Crippen LogP contribution >= 0.6 is 11.3 Å². The summed E-state index contributed by atoms with van der Waals surface area (Å²) in [7, 11) is 1.94. The minimum atomic E-state index is -0.173. The monoisotopic (exact) mass is 278 g/mol. The van der Waals surface area contributed by atoms with Gasteiger partial charge in [-0.15, -0.1) is 11.3 Å². The zero-order valence-electron chi connectivity index (χ0n) is 11.5. The summed E-state index contributed by atoms with van der Waals surface area (Å²) < 4.78 is 13.2. The molecule has 0 aliphatic rings. The van der Waals surface area contributed by atoms with E-state index < -0.39 is 0 Å². The van der Waals surface area contributed by atoms with Crippen LogP contribution in [0, 0.1) is 19.7 Å². The van der Waals surface area contributed by atoms with Gasteiger partial charge >= 0.3 is 0 Å². The van der Waals surface area contributed by atoms with Gasteiger partial charge in [0.25, 0.3) is 0 Å². The first-order chi connectivity index (χ1) is 9.08. The zero-order chi connectivity index (χ0) is 13.8. The summed E-state index contributed by atoms with van der Waals surface area (Å²) in [5.74, 6) is -0.173. The van der Waals surface area contributed by atoms with Crippen molar-refractivity contribution in [3.63, 3.8) is 0 Å². The average molecular weight is 278 g/mol. The molecule has 0 spiro atoms. The normalized spacial score (nSPS) is 12.6. The van der Waals surface area contributed by atoms with E-state index in [9.17, 15) is 4.39 Å². The van der Waals surface area contributed by atoms with Crippen molar-refractivity contribution in [3.8, 4) is 0 Å². The maximum absolute atomic E-state index is 13.2. The second kappa shape index (κ2) is 6.26. The first kappa shape index (κ1) is 14.2. The summed E-state index contributed by atoms with van der Waals surface area (Å²) in [6, 6.07) is 7.08. The van der Waals surface area contributed by atoms with Crippen LogP contribution in [0.15, 0.2) is 24.3 Å². The molecule has 1 heterocycles. The number of rotatable bonds is 5. The molecule has 0 bridgehead atoms. The third-order valence-corrected chi connectivity index (χ3v) is 4.37. The molecule has 4 heteroatoms. The highest BCUT2D eigenvalue weighted by Crippen LogP contribution is 2.19. The van der Waals surface area contributed by atoms with Gasteiger partial charge in [0.15, 0.2) is 0 Å². The molecular formula is C15H19FN2S. The molecular weight excluding hydrogens is 259 g/mol. The molecule has 0 saturated carbocycles. The van der Waals surface area contributed by atoms with Crippen LogP contribution in [0.25, 0.3) is 0 Å². The fraction of sp³-hybridized carbons (Fsp3) is 0.400. The number of nitrogens with one attached hydrogen (secondary N) is 1. The number of nitrogens with zero attached hydrogens (tertiary/aromatic N) is 1. The lowest BCUT2D eigenvalue weighted by Crippen LogP contribution is -2.29. The van der Waals surface area contributed by atoms with E-state index >= 15 is 0 Å². The molecule has 102 valence electrons. The molecule has 2 nitrogen and oxygen atoms in total. The second-order valence-electron chi connectivity index (χ2n) is 4.77. The largest absolute Gasteiger partial charge is 0.316 e. The number of benzene rings is 1. The molecule has 2 rings (SSSR count). The number of thiazole rings is 1. The first-order valence-electron chi connectivity index (χ1n) is 6.43. The Morgan fingerprint density at radius 3 is 2.68 bits per heavy atom. The molecule has 0 fully saturated rings. The average Bonchev–Trinajstić information content (AvgIpc) is 2.67.